The molecule has 1 heterocycles. The summed E-state index contributed by atoms with van der Waals surface area (Å²) in [7, 11) is 1.74. The predicted molar refractivity (Wildman–Crippen MR) is 150 cm³/mol. The first kappa shape index (κ1) is 27.3. The fourth-order valence-electron chi connectivity index (χ4n) is 6.03. The molecule has 1 aliphatic carbocycles. The van der Waals surface area contributed by atoms with E-state index in [1.807, 2.05) is 0 Å². The molecule has 1 atom stereocenters. The summed E-state index contributed by atoms with van der Waals surface area (Å²) in [5, 5.41) is 9.39. The van der Waals surface area contributed by atoms with Crippen molar-refractivity contribution < 1.29 is 19.4 Å². The summed E-state index contributed by atoms with van der Waals surface area (Å²) in [5.74, 6) is 1.58. The number of anilines is 1. The third kappa shape index (κ3) is 7.00. The molecular weight excluding hydrogens is 462 g/mol. The van der Waals surface area contributed by atoms with Crippen molar-refractivity contribution in [1.29, 1.82) is 0 Å². The summed E-state index contributed by atoms with van der Waals surface area (Å²) in [4.78, 5) is 13.9. The molecule has 2 aromatic carbocycles. The Kier molecular flexibility index (Phi) is 8.40. The van der Waals surface area contributed by atoms with E-state index in [1.165, 1.54) is 29.7 Å². The van der Waals surface area contributed by atoms with Crippen LogP contribution in [0.15, 0.2) is 36.4 Å². The standard InChI is InChI=1S/C32H45NO4/c1-31(2,3)15-6-7-25-9-10-26(36-5)20-29(25)33-17-13-23(14-18-33)22-37-27-11-8-24-12-16-32(4,21-30(34)35)28(24)19-27/h8-11,19-20,23H,6-7,12-18,21-22H2,1-5H3,(H,34,35). The number of benzene rings is 2. The Morgan fingerprint density at radius 2 is 1.84 bits per heavy atom. The van der Waals surface area contributed by atoms with E-state index < -0.39 is 5.97 Å². The minimum Gasteiger partial charge on any atom is -0.497 e. The van der Waals surface area contributed by atoms with Crippen LogP contribution >= 0.6 is 0 Å². The highest BCUT2D eigenvalue weighted by Gasteiger charge is 2.36. The van der Waals surface area contributed by atoms with E-state index in [9.17, 15) is 9.90 Å². The molecule has 1 fully saturated rings. The maximum absolute atomic E-state index is 11.4. The van der Waals surface area contributed by atoms with Gasteiger partial charge in [0.2, 0.25) is 0 Å². The van der Waals surface area contributed by atoms with E-state index in [2.05, 4.69) is 69.0 Å². The Balaban J connectivity index is 1.34. The van der Waals surface area contributed by atoms with Gasteiger partial charge in [0.1, 0.15) is 11.5 Å². The second kappa shape index (κ2) is 11.4. The molecule has 1 aliphatic heterocycles. The van der Waals surface area contributed by atoms with Crippen molar-refractivity contribution in [2.24, 2.45) is 11.3 Å². The molecule has 4 rings (SSSR count). The summed E-state index contributed by atoms with van der Waals surface area (Å²) >= 11 is 0. The molecule has 0 radical (unpaired) electrons. The SMILES string of the molecule is COc1ccc(CCCC(C)(C)C)c(N2CCC(COc3ccc4c(c3)C(C)(CC(=O)O)CC4)CC2)c1. The molecule has 2 aliphatic rings. The van der Waals surface area contributed by atoms with Gasteiger partial charge in [-0.3, -0.25) is 4.79 Å². The number of hydrogen-bond acceptors (Lipinski definition) is 4. The number of aryl methyl sites for hydroxylation is 2. The highest BCUT2D eigenvalue weighted by atomic mass is 16.5. The molecule has 1 N–H and O–H groups in total. The third-order valence-electron chi connectivity index (χ3n) is 8.33. The van der Waals surface area contributed by atoms with Crippen LogP contribution in [0.5, 0.6) is 11.5 Å². The van der Waals surface area contributed by atoms with Crippen molar-refractivity contribution in [1.82, 2.24) is 0 Å². The molecule has 1 saturated heterocycles. The van der Waals surface area contributed by atoms with Gasteiger partial charge in [-0.2, -0.15) is 0 Å². The predicted octanol–water partition coefficient (Wildman–Crippen LogP) is 7.04. The van der Waals surface area contributed by atoms with E-state index in [4.69, 9.17) is 9.47 Å². The second-order valence-corrected chi connectivity index (χ2v) is 12.6. The lowest BCUT2D eigenvalue weighted by atomic mass is 9.81. The molecule has 202 valence electrons. The maximum atomic E-state index is 11.4. The molecule has 0 aromatic heterocycles. The molecule has 2 aromatic rings. The summed E-state index contributed by atoms with van der Waals surface area (Å²) in [6, 6.07) is 12.8. The van der Waals surface area contributed by atoms with Crippen LogP contribution in [0, 0.1) is 11.3 Å². The van der Waals surface area contributed by atoms with Crippen LogP contribution < -0.4 is 14.4 Å². The topological polar surface area (TPSA) is 59.0 Å². The Labute approximate surface area is 223 Å². The minimum atomic E-state index is -0.734. The van der Waals surface area contributed by atoms with Crippen molar-refractivity contribution in [3.63, 3.8) is 0 Å². The zero-order chi connectivity index (χ0) is 26.6. The van der Waals surface area contributed by atoms with Crippen LogP contribution in [0.1, 0.15) is 82.9 Å². The molecule has 5 nitrogen and oxygen atoms in total. The zero-order valence-electron chi connectivity index (χ0n) is 23.4. The number of carboxylic acid groups (broad SMARTS) is 1. The number of nitrogens with zero attached hydrogens (tertiary/aromatic N) is 1. The van der Waals surface area contributed by atoms with Crippen LogP contribution in [0.2, 0.25) is 0 Å². The van der Waals surface area contributed by atoms with Crippen molar-refractivity contribution in [2.75, 3.05) is 31.7 Å². The Morgan fingerprint density at radius 3 is 2.51 bits per heavy atom. The first-order valence-corrected chi connectivity index (χ1v) is 14.0. The number of fused-ring (bicyclic) bond motifs is 1. The minimum absolute atomic E-state index is 0.171. The van der Waals surface area contributed by atoms with Gasteiger partial charge < -0.3 is 19.5 Å². The van der Waals surface area contributed by atoms with Gasteiger partial charge in [0, 0.05) is 30.3 Å². The second-order valence-electron chi connectivity index (χ2n) is 12.6. The van der Waals surface area contributed by atoms with E-state index >= 15 is 0 Å². The molecular formula is C32H45NO4. The van der Waals surface area contributed by atoms with Gasteiger partial charge >= 0.3 is 5.97 Å². The number of ether oxygens (including phenoxy) is 2. The molecule has 0 amide bonds. The van der Waals surface area contributed by atoms with Gasteiger partial charge in [-0.05, 0) is 91.2 Å². The average molecular weight is 508 g/mol. The lowest BCUT2D eigenvalue weighted by molar-refractivity contribution is -0.138. The summed E-state index contributed by atoms with van der Waals surface area (Å²) < 4.78 is 11.8. The van der Waals surface area contributed by atoms with Gasteiger partial charge in [-0.1, -0.05) is 39.8 Å². The van der Waals surface area contributed by atoms with E-state index in [1.54, 1.807) is 7.11 Å². The maximum Gasteiger partial charge on any atom is 0.304 e. The number of carboxylic acids is 1. The van der Waals surface area contributed by atoms with E-state index in [-0.39, 0.29) is 11.8 Å². The van der Waals surface area contributed by atoms with Crippen LogP contribution in [0.25, 0.3) is 0 Å². The summed E-state index contributed by atoms with van der Waals surface area (Å²) in [6.07, 6.45) is 7.71. The highest BCUT2D eigenvalue weighted by Crippen LogP contribution is 2.43. The van der Waals surface area contributed by atoms with Crippen LogP contribution in [0.4, 0.5) is 5.69 Å². The van der Waals surface area contributed by atoms with E-state index in [0.29, 0.717) is 17.9 Å². The molecule has 0 bridgehead atoms. The number of hydrogen-bond donors (Lipinski definition) is 1. The van der Waals surface area contributed by atoms with Crippen LogP contribution in [0.3, 0.4) is 0 Å². The van der Waals surface area contributed by atoms with Gasteiger partial charge in [0.05, 0.1) is 20.1 Å². The smallest absolute Gasteiger partial charge is 0.304 e. The van der Waals surface area contributed by atoms with Crippen molar-refractivity contribution in [3.8, 4) is 11.5 Å². The first-order chi connectivity index (χ1) is 17.6. The number of aliphatic carboxylic acids is 1. The Bertz CT molecular complexity index is 1080. The molecule has 1 unspecified atom stereocenters. The Hall–Kier alpha value is -2.69. The number of piperidine rings is 1. The molecule has 0 saturated carbocycles. The molecule has 37 heavy (non-hydrogen) atoms. The number of rotatable bonds is 10. The first-order valence-electron chi connectivity index (χ1n) is 14.0. The zero-order valence-corrected chi connectivity index (χ0v) is 23.4. The van der Waals surface area contributed by atoms with Gasteiger partial charge in [0.25, 0.3) is 0 Å². The fourth-order valence-corrected chi connectivity index (χ4v) is 6.03. The lowest BCUT2D eigenvalue weighted by Crippen LogP contribution is -2.36. The fraction of sp³-hybridized carbons (Fsp3) is 0.594. The largest absolute Gasteiger partial charge is 0.497 e. The normalized spacial score (nSPS) is 20.1. The highest BCUT2D eigenvalue weighted by molar-refractivity contribution is 5.69. The van der Waals surface area contributed by atoms with Crippen LogP contribution in [-0.2, 0) is 23.1 Å². The van der Waals surface area contributed by atoms with Crippen molar-refractivity contribution in [2.45, 2.75) is 84.5 Å². The lowest BCUT2D eigenvalue weighted by Gasteiger charge is -2.35. The third-order valence-corrected chi connectivity index (χ3v) is 8.33. The van der Waals surface area contributed by atoms with Gasteiger partial charge in [-0.25, -0.2) is 0 Å². The number of methoxy groups -OCH3 is 1. The molecule has 0 spiro atoms. The Morgan fingerprint density at radius 1 is 1.11 bits per heavy atom. The van der Waals surface area contributed by atoms with Crippen molar-refractivity contribution >= 4 is 11.7 Å². The van der Waals surface area contributed by atoms with Crippen LogP contribution in [-0.4, -0.2) is 37.9 Å². The van der Waals surface area contributed by atoms with Gasteiger partial charge in [-0.15, -0.1) is 0 Å². The summed E-state index contributed by atoms with van der Waals surface area (Å²) in [5.41, 5.74) is 5.22. The average Bonchev–Trinajstić information content (AvgIpc) is 3.17. The van der Waals surface area contributed by atoms with Crippen molar-refractivity contribution in [3.05, 3.63) is 53.1 Å². The quantitative estimate of drug-likeness (QED) is 0.374. The summed E-state index contributed by atoms with van der Waals surface area (Å²) in [6.45, 7) is 11.8. The van der Waals surface area contributed by atoms with E-state index in [0.717, 1.165) is 62.3 Å². The number of carbonyl (C=O) groups is 1. The molecule has 5 heteroatoms. The van der Waals surface area contributed by atoms with Gasteiger partial charge in [0.15, 0.2) is 0 Å². The monoisotopic (exact) mass is 507 g/mol.